The van der Waals surface area contributed by atoms with E-state index in [2.05, 4.69) is 5.32 Å². The van der Waals surface area contributed by atoms with E-state index in [4.69, 9.17) is 0 Å². The zero-order valence-corrected chi connectivity index (χ0v) is 16.7. The molecule has 5 nitrogen and oxygen atoms in total. The Hall–Kier alpha value is -2.13. The summed E-state index contributed by atoms with van der Waals surface area (Å²) in [5.41, 5.74) is 0.426. The molecule has 9 heteroatoms. The predicted molar refractivity (Wildman–Crippen MR) is 105 cm³/mol. The topological polar surface area (TPSA) is 66.5 Å². The monoisotopic (exact) mass is 414 g/mol. The van der Waals surface area contributed by atoms with Crippen molar-refractivity contribution in [3.8, 4) is 0 Å². The summed E-state index contributed by atoms with van der Waals surface area (Å²) in [5, 5.41) is 2.71. The number of benzene rings is 2. The molecule has 27 heavy (non-hydrogen) atoms. The zero-order chi connectivity index (χ0) is 20.2. The fraction of sp³-hybridized carbons (Fsp3) is 0.278. The van der Waals surface area contributed by atoms with E-state index in [1.54, 1.807) is 12.1 Å². The standard InChI is InChI=1S/C18H20F2N2O3S2/c1-4-26-17-8-6-5-7-16(17)21-18(23)12(2)22(27(3,24)25)13-9-10-14(19)15(20)11-13/h5-12H,4H2,1-3H3,(H,21,23)/t12-/m0/s1. The molecule has 1 N–H and O–H groups in total. The summed E-state index contributed by atoms with van der Waals surface area (Å²) >= 11 is 1.53. The molecule has 0 bridgehead atoms. The Morgan fingerprint density at radius 2 is 1.85 bits per heavy atom. The van der Waals surface area contributed by atoms with Gasteiger partial charge in [-0.3, -0.25) is 9.10 Å². The highest BCUT2D eigenvalue weighted by Crippen LogP contribution is 2.28. The molecule has 0 heterocycles. The zero-order valence-electron chi connectivity index (χ0n) is 15.1. The van der Waals surface area contributed by atoms with Gasteiger partial charge in [0.1, 0.15) is 6.04 Å². The van der Waals surface area contributed by atoms with Gasteiger partial charge in [-0.05, 0) is 36.9 Å². The van der Waals surface area contributed by atoms with Crippen LogP contribution >= 0.6 is 11.8 Å². The summed E-state index contributed by atoms with van der Waals surface area (Å²) in [6.45, 7) is 3.35. The van der Waals surface area contributed by atoms with Gasteiger partial charge in [0.15, 0.2) is 11.6 Å². The van der Waals surface area contributed by atoms with E-state index >= 15 is 0 Å². The smallest absolute Gasteiger partial charge is 0.248 e. The molecule has 2 rings (SSSR count). The van der Waals surface area contributed by atoms with E-state index in [1.807, 2.05) is 19.1 Å². The number of halogens is 2. The van der Waals surface area contributed by atoms with Crippen molar-refractivity contribution in [1.82, 2.24) is 0 Å². The Bertz CT molecular complexity index is 936. The summed E-state index contributed by atoms with van der Waals surface area (Å²) < 4.78 is 52.0. The minimum Gasteiger partial charge on any atom is -0.323 e. The van der Waals surface area contributed by atoms with Crippen LogP contribution in [0, 0.1) is 11.6 Å². The van der Waals surface area contributed by atoms with Gasteiger partial charge in [-0.1, -0.05) is 19.1 Å². The average Bonchev–Trinajstić information content (AvgIpc) is 2.59. The van der Waals surface area contributed by atoms with Gasteiger partial charge in [0.05, 0.1) is 17.6 Å². The largest absolute Gasteiger partial charge is 0.323 e. The highest BCUT2D eigenvalue weighted by molar-refractivity contribution is 7.99. The van der Waals surface area contributed by atoms with E-state index in [-0.39, 0.29) is 5.69 Å². The molecule has 0 saturated carbocycles. The van der Waals surface area contributed by atoms with Gasteiger partial charge in [-0.25, -0.2) is 17.2 Å². The molecule has 0 aliphatic heterocycles. The van der Waals surface area contributed by atoms with E-state index in [1.165, 1.54) is 18.7 Å². The van der Waals surface area contributed by atoms with Crippen molar-refractivity contribution in [2.45, 2.75) is 24.8 Å². The molecule has 146 valence electrons. The van der Waals surface area contributed by atoms with Gasteiger partial charge in [0, 0.05) is 11.0 Å². The fourth-order valence-corrected chi connectivity index (χ4v) is 4.45. The number of nitrogens with one attached hydrogen (secondary N) is 1. The van der Waals surface area contributed by atoms with Gasteiger partial charge in [0.2, 0.25) is 15.9 Å². The fourth-order valence-electron chi connectivity index (χ4n) is 2.52. The van der Waals surface area contributed by atoms with Crippen LogP contribution in [-0.4, -0.2) is 32.4 Å². The number of hydrogen-bond acceptors (Lipinski definition) is 4. The Morgan fingerprint density at radius 1 is 1.19 bits per heavy atom. The minimum atomic E-state index is -3.93. The number of hydrogen-bond donors (Lipinski definition) is 1. The van der Waals surface area contributed by atoms with Gasteiger partial charge in [-0.2, -0.15) is 0 Å². The van der Waals surface area contributed by atoms with E-state index in [0.29, 0.717) is 5.69 Å². The molecule has 2 aromatic carbocycles. The lowest BCUT2D eigenvalue weighted by molar-refractivity contribution is -0.116. The van der Waals surface area contributed by atoms with Crippen molar-refractivity contribution in [2.24, 2.45) is 0 Å². The molecule has 1 atom stereocenters. The third-order valence-electron chi connectivity index (χ3n) is 3.69. The molecular formula is C18H20F2N2O3S2. The lowest BCUT2D eigenvalue weighted by Gasteiger charge is -2.28. The number of carbonyl (C=O) groups excluding carboxylic acids is 1. The Balaban J connectivity index is 2.34. The third-order valence-corrected chi connectivity index (χ3v) is 5.89. The van der Waals surface area contributed by atoms with Crippen molar-refractivity contribution in [3.63, 3.8) is 0 Å². The first kappa shape index (κ1) is 21.2. The number of anilines is 2. The van der Waals surface area contributed by atoms with Crippen molar-refractivity contribution >= 4 is 39.1 Å². The molecule has 0 aliphatic carbocycles. The molecule has 0 saturated heterocycles. The number of rotatable bonds is 7. The lowest BCUT2D eigenvalue weighted by Crippen LogP contribution is -2.45. The molecular weight excluding hydrogens is 394 g/mol. The van der Waals surface area contributed by atoms with Gasteiger partial charge < -0.3 is 5.32 Å². The number of carbonyl (C=O) groups is 1. The number of nitrogens with zero attached hydrogens (tertiary/aromatic N) is 1. The van der Waals surface area contributed by atoms with Crippen LogP contribution in [0.25, 0.3) is 0 Å². The summed E-state index contributed by atoms with van der Waals surface area (Å²) in [6, 6.07) is 8.66. The number of para-hydroxylation sites is 1. The second kappa shape index (κ2) is 8.71. The van der Waals surface area contributed by atoms with Crippen LogP contribution < -0.4 is 9.62 Å². The van der Waals surface area contributed by atoms with Crippen molar-refractivity contribution in [2.75, 3.05) is 21.6 Å². The third kappa shape index (κ3) is 5.20. The van der Waals surface area contributed by atoms with E-state index in [0.717, 1.165) is 39.4 Å². The van der Waals surface area contributed by atoms with Gasteiger partial charge in [-0.15, -0.1) is 11.8 Å². The quantitative estimate of drug-likeness (QED) is 0.699. The van der Waals surface area contributed by atoms with Crippen LogP contribution in [0.5, 0.6) is 0 Å². The second-order valence-corrected chi connectivity index (χ2v) is 8.92. The highest BCUT2D eigenvalue weighted by Gasteiger charge is 2.30. The number of amides is 1. The molecule has 0 spiro atoms. The SMILES string of the molecule is CCSc1ccccc1NC(=O)[C@H](C)N(c1ccc(F)c(F)c1)S(C)(=O)=O. The first-order valence-corrected chi connectivity index (χ1v) is 11.0. The van der Waals surface area contributed by atoms with Crippen LogP contribution in [0.2, 0.25) is 0 Å². The summed E-state index contributed by atoms with van der Waals surface area (Å²) in [5.74, 6) is -2.09. The maximum absolute atomic E-state index is 13.6. The van der Waals surface area contributed by atoms with Crippen LogP contribution in [0.1, 0.15) is 13.8 Å². The molecule has 0 radical (unpaired) electrons. The van der Waals surface area contributed by atoms with E-state index < -0.39 is 33.6 Å². The summed E-state index contributed by atoms with van der Waals surface area (Å²) in [6.07, 6.45) is 0.902. The van der Waals surface area contributed by atoms with Crippen molar-refractivity contribution in [3.05, 3.63) is 54.1 Å². The maximum atomic E-state index is 13.6. The number of thioether (sulfide) groups is 1. The van der Waals surface area contributed by atoms with Crippen LogP contribution in [-0.2, 0) is 14.8 Å². The normalized spacial score (nSPS) is 12.5. The number of sulfonamides is 1. The predicted octanol–water partition coefficient (Wildman–Crippen LogP) is 3.87. The lowest BCUT2D eigenvalue weighted by atomic mass is 10.2. The molecule has 0 aromatic heterocycles. The highest BCUT2D eigenvalue weighted by atomic mass is 32.2. The molecule has 2 aromatic rings. The maximum Gasteiger partial charge on any atom is 0.248 e. The van der Waals surface area contributed by atoms with Crippen LogP contribution in [0.3, 0.4) is 0 Å². The molecule has 0 unspecified atom stereocenters. The van der Waals surface area contributed by atoms with Crippen molar-refractivity contribution < 1.29 is 22.0 Å². The molecule has 0 fully saturated rings. The summed E-state index contributed by atoms with van der Waals surface area (Å²) in [4.78, 5) is 13.5. The minimum absolute atomic E-state index is 0.129. The van der Waals surface area contributed by atoms with Gasteiger partial charge >= 0.3 is 0 Å². The Labute approximate surface area is 161 Å². The van der Waals surface area contributed by atoms with Crippen LogP contribution in [0.15, 0.2) is 47.4 Å². The van der Waals surface area contributed by atoms with E-state index in [9.17, 15) is 22.0 Å². The Kier molecular flexibility index (Phi) is 6.83. The molecule has 0 aliphatic rings. The summed E-state index contributed by atoms with van der Waals surface area (Å²) in [7, 11) is -3.93. The Morgan fingerprint density at radius 3 is 2.44 bits per heavy atom. The van der Waals surface area contributed by atoms with Gasteiger partial charge in [0.25, 0.3) is 0 Å². The van der Waals surface area contributed by atoms with Crippen LogP contribution in [0.4, 0.5) is 20.2 Å². The molecule has 1 amide bonds. The first-order valence-electron chi connectivity index (χ1n) is 8.12. The first-order chi connectivity index (χ1) is 12.6. The second-order valence-electron chi connectivity index (χ2n) is 5.75. The average molecular weight is 414 g/mol. The van der Waals surface area contributed by atoms with Crippen molar-refractivity contribution in [1.29, 1.82) is 0 Å².